The largest absolute Gasteiger partial charge is 0.508 e. The summed E-state index contributed by atoms with van der Waals surface area (Å²) >= 11 is 0. The van der Waals surface area contributed by atoms with E-state index >= 15 is 0 Å². The van der Waals surface area contributed by atoms with Gasteiger partial charge in [-0.3, -0.25) is 9.59 Å². The molecule has 0 saturated carbocycles. The molecule has 0 aromatic heterocycles. The zero-order chi connectivity index (χ0) is 21.1. The number of nitrogens with one attached hydrogen (secondary N) is 1. The van der Waals surface area contributed by atoms with Gasteiger partial charge in [0.05, 0.1) is 6.04 Å². The topological polar surface area (TPSA) is 69.6 Å². The number of hydrogen-bond acceptors (Lipinski definition) is 3. The lowest BCUT2D eigenvalue weighted by molar-refractivity contribution is -0.134. The molecule has 1 atom stereocenters. The van der Waals surface area contributed by atoms with Crippen molar-refractivity contribution < 1.29 is 14.7 Å². The van der Waals surface area contributed by atoms with Crippen LogP contribution in [-0.2, 0) is 9.59 Å². The van der Waals surface area contributed by atoms with Gasteiger partial charge in [-0.05, 0) is 35.2 Å². The van der Waals surface area contributed by atoms with Gasteiger partial charge in [-0.25, -0.2) is 0 Å². The first kappa shape index (κ1) is 20.0. The third-order valence-corrected chi connectivity index (χ3v) is 5.97. The lowest BCUT2D eigenvalue weighted by Gasteiger charge is -2.32. The fourth-order valence-corrected chi connectivity index (χ4v) is 4.27. The molecule has 5 heteroatoms. The van der Waals surface area contributed by atoms with E-state index in [0.29, 0.717) is 31.5 Å². The zero-order valence-corrected chi connectivity index (χ0v) is 17.0. The number of phenols is 1. The minimum Gasteiger partial charge on any atom is -0.508 e. The maximum atomic E-state index is 13.2. The van der Waals surface area contributed by atoms with E-state index in [0.717, 1.165) is 16.3 Å². The fourth-order valence-electron chi connectivity index (χ4n) is 4.27. The molecule has 3 aromatic carbocycles. The lowest BCUT2D eigenvalue weighted by atomic mass is 9.90. The van der Waals surface area contributed by atoms with E-state index in [1.54, 1.807) is 17.9 Å². The Morgan fingerprint density at radius 2 is 1.63 bits per heavy atom. The summed E-state index contributed by atoms with van der Waals surface area (Å²) in [6.45, 7) is 2.76. The summed E-state index contributed by atoms with van der Waals surface area (Å²) in [5, 5.41) is 15.9. The third kappa shape index (κ3) is 4.01. The zero-order valence-electron chi connectivity index (χ0n) is 17.0. The SMILES string of the molecule is CC(=O)N1CCC(C(=O)N[C@@H](c2ccccc2)c2c(O)ccc3ccccc23)CC1. The van der Waals surface area contributed by atoms with Crippen molar-refractivity contribution in [2.45, 2.75) is 25.8 Å². The molecule has 0 radical (unpaired) electrons. The highest BCUT2D eigenvalue weighted by molar-refractivity contribution is 5.90. The molecule has 0 spiro atoms. The van der Waals surface area contributed by atoms with Crippen LogP contribution in [0.4, 0.5) is 0 Å². The average molecular weight is 402 g/mol. The average Bonchev–Trinajstić information content (AvgIpc) is 2.78. The summed E-state index contributed by atoms with van der Waals surface area (Å²) in [5.41, 5.74) is 1.62. The van der Waals surface area contributed by atoms with Crippen LogP contribution in [0.25, 0.3) is 10.8 Å². The Morgan fingerprint density at radius 3 is 2.33 bits per heavy atom. The van der Waals surface area contributed by atoms with Crippen molar-refractivity contribution in [1.29, 1.82) is 0 Å². The Hall–Kier alpha value is -3.34. The fraction of sp³-hybridized carbons (Fsp3) is 0.280. The number of phenolic OH excluding ortho intramolecular Hbond substituents is 1. The van der Waals surface area contributed by atoms with Crippen molar-refractivity contribution >= 4 is 22.6 Å². The normalized spacial score (nSPS) is 15.7. The van der Waals surface area contributed by atoms with Gasteiger partial charge in [0.25, 0.3) is 0 Å². The summed E-state index contributed by atoms with van der Waals surface area (Å²) < 4.78 is 0. The summed E-state index contributed by atoms with van der Waals surface area (Å²) in [6.07, 6.45) is 1.29. The highest BCUT2D eigenvalue weighted by Gasteiger charge is 2.29. The van der Waals surface area contributed by atoms with Crippen molar-refractivity contribution in [1.82, 2.24) is 10.2 Å². The molecule has 5 nitrogen and oxygen atoms in total. The molecule has 4 rings (SSSR count). The number of nitrogens with zero attached hydrogens (tertiary/aromatic N) is 1. The smallest absolute Gasteiger partial charge is 0.223 e. The quantitative estimate of drug-likeness (QED) is 0.693. The van der Waals surface area contributed by atoms with Crippen LogP contribution in [0.5, 0.6) is 5.75 Å². The van der Waals surface area contributed by atoms with E-state index in [2.05, 4.69) is 5.32 Å². The van der Waals surface area contributed by atoms with E-state index < -0.39 is 6.04 Å². The van der Waals surface area contributed by atoms with Gasteiger partial charge in [0.15, 0.2) is 0 Å². The Bertz CT molecular complexity index is 1060. The van der Waals surface area contributed by atoms with Crippen LogP contribution in [0.2, 0.25) is 0 Å². The maximum absolute atomic E-state index is 13.2. The standard InChI is InChI=1S/C25H26N2O3/c1-17(28)27-15-13-20(14-16-27)25(30)26-24(19-8-3-2-4-9-19)23-21-10-6-5-7-18(21)11-12-22(23)29/h2-12,20,24,29H,13-16H2,1H3,(H,26,30)/t24-/m0/s1. The molecule has 1 fully saturated rings. The van der Waals surface area contributed by atoms with Crippen molar-refractivity contribution in [2.75, 3.05) is 13.1 Å². The Labute approximate surface area is 176 Å². The van der Waals surface area contributed by atoms with Crippen LogP contribution in [0.1, 0.15) is 36.9 Å². The van der Waals surface area contributed by atoms with Crippen LogP contribution >= 0.6 is 0 Å². The minimum atomic E-state index is -0.462. The van der Waals surface area contributed by atoms with Crippen molar-refractivity contribution in [3.8, 4) is 5.75 Å². The number of rotatable bonds is 4. The molecule has 1 aliphatic rings. The minimum absolute atomic E-state index is 0.0422. The molecule has 0 unspecified atom stereocenters. The molecule has 1 saturated heterocycles. The maximum Gasteiger partial charge on any atom is 0.223 e. The molecule has 1 heterocycles. The molecule has 2 N–H and O–H groups in total. The van der Waals surface area contributed by atoms with Crippen molar-refractivity contribution in [3.63, 3.8) is 0 Å². The number of carbonyl (C=O) groups excluding carboxylic acids is 2. The monoisotopic (exact) mass is 402 g/mol. The number of benzene rings is 3. The van der Waals surface area contributed by atoms with Gasteiger partial charge in [-0.1, -0.05) is 60.7 Å². The van der Waals surface area contributed by atoms with E-state index in [9.17, 15) is 14.7 Å². The van der Waals surface area contributed by atoms with Gasteiger partial charge in [-0.2, -0.15) is 0 Å². The molecular weight excluding hydrogens is 376 g/mol. The number of fused-ring (bicyclic) bond motifs is 1. The van der Waals surface area contributed by atoms with Crippen LogP contribution in [0, 0.1) is 5.92 Å². The first-order valence-corrected chi connectivity index (χ1v) is 10.4. The summed E-state index contributed by atoms with van der Waals surface area (Å²) in [6, 6.07) is 20.7. The predicted octanol–water partition coefficient (Wildman–Crippen LogP) is 4.01. The van der Waals surface area contributed by atoms with Crippen LogP contribution in [0.15, 0.2) is 66.7 Å². The third-order valence-electron chi connectivity index (χ3n) is 5.97. The molecule has 154 valence electrons. The van der Waals surface area contributed by atoms with Crippen LogP contribution in [0.3, 0.4) is 0 Å². The number of piperidine rings is 1. The van der Waals surface area contributed by atoms with Crippen LogP contribution in [-0.4, -0.2) is 34.9 Å². The van der Waals surface area contributed by atoms with E-state index in [-0.39, 0.29) is 23.5 Å². The van der Waals surface area contributed by atoms with E-state index in [1.165, 1.54) is 0 Å². The van der Waals surface area contributed by atoms with Crippen molar-refractivity contribution in [3.05, 3.63) is 77.9 Å². The second kappa shape index (κ2) is 8.57. The summed E-state index contributed by atoms with van der Waals surface area (Å²) in [7, 11) is 0. The van der Waals surface area contributed by atoms with E-state index in [1.807, 2.05) is 60.7 Å². The van der Waals surface area contributed by atoms with Crippen molar-refractivity contribution in [2.24, 2.45) is 5.92 Å². The van der Waals surface area contributed by atoms with Gasteiger partial charge in [0.2, 0.25) is 11.8 Å². The van der Waals surface area contributed by atoms with Gasteiger partial charge in [0, 0.05) is 31.5 Å². The highest BCUT2D eigenvalue weighted by atomic mass is 16.3. The number of carbonyl (C=O) groups is 2. The Morgan fingerprint density at radius 1 is 0.967 bits per heavy atom. The summed E-state index contributed by atoms with van der Waals surface area (Å²) in [4.78, 5) is 26.6. The number of likely N-dealkylation sites (tertiary alicyclic amines) is 1. The molecule has 1 aliphatic heterocycles. The second-order valence-electron chi connectivity index (χ2n) is 7.85. The molecular formula is C25H26N2O3. The van der Waals surface area contributed by atoms with E-state index in [4.69, 9.17) is 0 Å². The predicted molar refractivity (Wildman–Crippen MR) is 117 cm³/mol. The second-order valence-corrected chi connectivity index (χ2v) is 7.85. The summed E-state index contributed by atoms with van der Waals surface area (Å²) in [5.74, 6) is 0.0225. The van der Waals surface area contributed by atoms with Gasteiger partial charge in [0.1, 0.15) is 5.75 Å². The molecule has 2 amide bonds. The first-order valence-electron chi connectivity index (χ1n) is 10.4. The first-order chi connectivity index (χ1) is 14.5. The number of aromatic hydroxyl groups is 1. The molecule has 0 aliphatic carbocycles. The Kier molecular flexibility index (Phi) is 5.70. The highest BCUT2D eigenvalue weighted by Crippen LogP contribution is 2.36. The molecule has 30 heavy (non-hydrogen) atoms. The van der Waals surface area contributed by atoms with Gasteiger partial charge < -0.3 is 15.3 Å². The number of amides is 2. The molecule has 0 bridgehead atoms. The van der Waals surface area contributed by atoms with Crippen LogP contribution < -0.4 is 5.32 Å². The Balaban J connectivity index is 1.67. The van der Waals surface area contributed by atoms with Gasteiger partial charge >= 0.3 is 0 Å². The number of hydrogen-bond donors (Lipinski definition) is 2. The lowest BCUT2D eigenvalue weighted by Crippen LogP contribution is -2.43. The van der Waals surface area contributed by atoms with Gasteiger partial charge in [-0.15, -0.1) is 0 Å². The molecule has 3 aromatic rings.